The summed E-state index contributed by atoms with van der Waals surface area (Å²) in [6.45, 7) is 0. The van der Waals surface area contributed by atoms with E-state index in [2.05, 4.69) is 0 Å². The summed E-state index contributed by atoms with van der Waals surface area (Å²) in [6.07, 6.45) is 0. The van der Waals surface area contributed by atoms with Gasteiger partial charge in [-0.25, -0.2) is 0 Å². The van der Waals surface area contributed by atoms with Crippen molar-refractivity contribution < 1.29 is 4.74 Å². The van der Waals surface area contributed by atoms with Crippen molar-refractivity contribution in [1.29, 1.82) is 10.5 Å². The van der Waals surface area contributed by atoms with Crippen LogP contribution in [0.5, 0.6) is 11.5 Å². The van der Waals surface area contributed by atoms with Gasteiger partial charge in [-0.2, -0.15) is 10.5 Å². The number of anilines is 1. The third-order valence-corrected chi connectivity index (χ3v) is 2.35. The van der Waals surface area contributed by atoms with E-state index in [0.29, 0.717) is 28.3 Å². The van der Waals surface area contributed by atoms with Crippen LogP contribution in [0.1, 0.15) is 11.1 Å². The van der Waals surface area contributed by atoms with E-state index < -0.39 is 0 Å². The number of hydrogen-bond donors (Lipinski definition) is 1. The molecular weight excluding hydrogens is 226 g/mol. The zero-order valence-corrected chi connectivity index (χ0v) is 9.42. The Kier molecular flexibility index (Phi) is 3.13. The summed E-state index contributed by atoms with van der Waals surface area (Å²) in [5.74, 6) is 1.13. The Morgan fingerprint density at radius 2 is 1.44 bits per heavy atom. The predicted octanol–water partition coefficient (Wildman–Crippen LogP) is 2.80. The van der Waals surface area contributed by atoms with Crippen LogP contribution >= 0.6 is 0 Å². The van der Waals surface area contributed by atoms with Crippen LogP contribution in [0.4, 0.5) is 5.69 Å². The van der Waals surface area contributed by atoms with Crippen LogP contribution in [0.2, 0.25) is 0 Å². The first-order valence-corrected chi connectivity index (χ1v) is 5.20. The minimum Gasteiger partial charge on any atom is -0.457 e. The number of nitriles is 2. The van der Waals surface area contributed by atoms with E-state index in [1.54, 1.807) is 36.4 Å². The Bertz CT molecular complexity index is 648. The van der Waals surface area contributed by atoms with E-state index in [1.807, 2.05) is 12.1 Å². The van der Waals surface area contributed by atoms with Crippen molar-refractivity contribution in [2.45, 2.75) is 0 Å². The van der Waals surface area contributed by atoms with E-state index >= 15 is 0 Å². The zero-order valence-electron chi connectivity index (χ0n) is 9.42. The number of hydrogen-bond acceptors (Lipinski definition) is 4. The minimum atomic E-state index is 0.297. The molecule has 4 nitrogen and oxygen atoms in total. The molecule has 2 aromatic carbocycles. The molecule has 2 rings (SSSR count). The number of benzene rings is 2. The average molecular weight is 235 g/mol. The Hall–Kier alpha value is -2.98. The molecule has 0 aromatic heterocycles. The minimum absolute atomic E-state index is 0.297. The summed E-state index contributed by atoms with van der Waals surface area (Å²) in [5.41, 5.74) is 6.85. The first-order valence-electron chi connectivity index (χ1n) is 5.20. The molecule has 0 aliphatic rings. The highest BCUT2D eigenvalue weighted by Gasteiger charge is 2.04. The van der Waals surface area contributed by atoms with Crippen LogP contribution in [0, 0.1) is 22.7 Å². The topological polar surface area (TPSA) is 82.8 Å². The average Bonchev–Trinajstić information content (AvgIpc) is 2.41. The fourth-order valence-electron chi connectivity index (χ4n) is 1.45. The smallest absolute Gasteiger partial charge is 0.128 e. The van der Waals surface area contributed by atoms with E-state index in [1.165, 1.54) is 6.07 Å². The van der Waals surface area contributed by atoms with Gasteiger partial charge in [0.1, 0.15) is 23.6 Å². The molecule has 0 fully saturated rings. The highest BCUT2D eigenvalue weighted by molar-refractivity contribution is 5.50. The van der Waals surface area contributed by atoms with Crippen LogP contribution in [0.3, 0.4) is 0 Å². The van der Waals surface area contributed by atoms with Crippen LogP contribution < -0.4 is 10.5 Å². The second-order valence-corrected chi connectivity index (χ2v) is 3.60. The monoisotopic (exact) mass is 235 g/mol. The molecule has 0 heterocycles. The Morgan fingerprint density at radius 3 is 2.06 bits per heavy atom. The number of nitrogens with zero attached hydrogens (tertiary/aromatic N) is 2. The highest BCUT2D eigenvalue weighted by atomic mass is 16.5. The van der Waals surface area contributed by atoms with Crippen molar-refractivity contribution in [2.75, 3.05) is 5.73 Å². The third kappa shape index (κ3) is 2.40. The van der Waals surface area contributed by atoms with Crippen LogP contribution in [0.15, 0.2) is 42.5 Å². The van der Waals surface area contributed by atoms with E-state index in [0.717, 1.165) is 0 Å². The summed E-state index contributed by atoms with van der Waals surface area (Å²) in [7, 11) is 0. The molecule has 4 heteroatoms. The van der Waals surface area contributed by atoms with Crippen molar-refractivity contribution >= 4 is 5.69 Å². The summed E-state index contributed by atoms with van der Waals surface area (Å²) >= 11 is 0. The van der Waals surface area contributed by atoms with Gasteiger partial charge >= 0.3 is 0 Å². The maximum absolute atomic E-state index is 8.90. The van der Waals surface area contributed by atoms with Crippen molar-refractivity contribution in [3.05, 3.63) is 53.6 Å². The summed E-state index contributed by atoms with van der Waals surface area (Å²) < 4.78 is 5.56. The van der Waals surface area contributed by atoms with Gasteiger partial charge < -0.3 is 10.5 Å². The molecule has 0 aliphatic carbocycles. The number of ether oxygens (including phenoxy) is 1. The van der Waals surface area contributed by atoms with Gasteiger partial charge in [-0.1, -0.05) is 0 Å². The molecule has 0 saturated carbocycles. The second-order valence-electron chi connectivity index (χ2n) is 3.60. The van der Waals surface area contributed by atoms with Crippen molar-refractivity contribution in [3.63, 3.8) is 0 Å². The third-order valence-electron chi connectivity index (χ3n) is 2.35. The highest BCUT2D eigenvalue weighted by Crippen LogP contribution is 2.24. The normalized spacial score (nSPS) is 9.22. The van der Waals surface area contributed by atoms with E-state index in [4.69, 9.17) is 21.0 Å². The van der Waals surface area contributed by atoms with Crippen molar-refractivity contribution in [1.82, 2.24) is 0 Å². The van der Waals surface area contributed by atoms with Gasteiger partial charge in [-0.15, -0.1) is 0 Å². The largest absolute Gasteiger partial charge is 0.457 e. The number of rotatable bonds is 2. The lowest BCUT2D eigenvalue weighted by atomic mass is 10.1. The maximum atomic E-state index is 8.90. The second kappa shape index (κ2) is 4.90. The molecule has 0 amide bonds. The maximum Gasteiger partial charge on any atom is 0.128 e. The van der Waals surface area contributed by atoms with Gasteiger partial charge in [0.15, 0.2) is 0 Å². The molecule has 2 N–H and O–H groups in total. The predicted molar refractivity (Wildman–Crippen MR) is 66.8 cm³/mol. The molecule has 0 unspecified atom stereocenters. The molecule has 0 atom stereocenters. The van der Waals surface area contributed by atoms with Gasteiger partial charge in [-0.3, -0.25) is 0 Å². The van der Waals surface area contributed by atoms with E-state index in [-0.39, 0.29) is 0 Å². The van der Waals surface area contributed by atoms with Crippen LogP contribution in [0.25, 0.3) is 0 Å². The van der Waals surface area contributed by atoms with Crippen molar-refractivity contribution in [3.8, 4) is 23.6 Å². The quantitative estimate of drug-likeness (QED) is 0.811. The molecule has 0 bridgehead atoms. The molecule has 0 radical (unpaired) electrons. The molecule has 86 valence electrons. The molecule has 0 spiro atoms. The van der Waals surface area contributed by atoms with Gasteiger partial charge in [0, 0.05) is 5.69 Å². The Morgan fingerprint density at radius 1 is 0.833 bits per heavy atom. The van der Waals surface area contributed by atoms with Crippen LogP contribution in [-0.4, -0.2) is 0 Å². The summed E-state index contributed by atoms with van der Waals surface area (Å²) in [6, 6.07) is 15.6. The first-order chi connectivity index (χ1) is 8.72. The van der Waals surface area contributed by atoms with Gasteiger partial charge in [-0.05, 0) is 42.5 Å². The van der Waals surface area contributed by atoms with Crippen molar-refractivity contribution in [2.24, 2.45) is 0 Å². The van der Waals surface area contributed by atoms with Crippen LogP contribution in [-0.2, 0) is 0 Å². The van der Waals surface area contributed by atoms with Gasteiger partial charge in [0.25, 0.3) is 0 Å². The number of nitrogen functional groups attached to an aromatic ring is 1. The van der Waals surface area contributed by atoms with Gasteiger partial charge in [0.05, 0.1) is 11.1 Å². The Labute approximate surface area is 104 Å². The molecule has 0 saturated heterocycles. The fraction of sp³-hybridized carbons (Fsp3) is 0. The first kappa shape index (κ1) is 11.5. The molecule has 0 aliphatic heterocycles. The summed E-state index contributed by atoms with van der Waals surface area (Å²) in [5, 5.41) is 17.7. The lowest BCUT2D eigenvalue weighted by Gasteiger charge is -2.06. The number of nitrogens with two attached hydrogens (primary N) is 1. The summed E-state index contributed by atoms with van der Waals surface area (Å²) in [4.78, 5) is 0. The van der Waals surface area contributed by atoms with E-state index in [9.17, 15) is 0 Å². The lowest BCUT2D eigenvalue weighted by molar-refractivity contribution is 0.482. The SMILES string of the molecule is N#Cc1ccc(Oc2ccc(N)cc2)cc1C#N. The Balaban J connectivity index is 2.28. The zero-order chi connectivity index (χ0) is 13.0. The lowest BCUT2D eigenvalue weighted by Crippen LogP contribution is -1.89. The fourth-order valence-corrected chi connectivity index (χ4v) is 1.45. The molecule has 18 heavy (non-hydrogen) atoms. The molecule has 2 aromatic rings. The molecular formula is C14H9N3O. The standard InChI is InChI=1S/C14H9N3O/c15-8-10-1-4-14(7-11(10)9-16)18-13-5-2-12(17)3-6-13/h1-7H,17H2. The van der Waals surface area contributed by atoms with Gasteiger partial charge in [0.2, 0.25) is 0 Å².